The fourth-order valence-electron chi connectivity index (χ4n) is 4.02. The zero-order valence-corrected chi connectivity index (χ0v) is 19.2. The predicted molar refractivity (Wildman–Crippen MR) is 129 cm³/mol. The van der Waals surface area contributed by atoms with Crippen LogP contribution in [-0.4, -0.2) is 59.7 Å². The molecule has 1 amide bonds. The lowest BCUT2D eigenvalue weighted by Gasteiger charge is -2.35. The van der Waals surface area contributed by atoms with E-state index in [0.717, 1.165) is 19.6 Å². The second kappa shape index (κ2) is 10.9. The summed E-state index contributed by atoms with van der Waals surface area (Å²) in [5, 5.41) is 0. The minimum atomic E-state index is -0.876. The van der Waals surface area contributed by atoms with Crippen LogP contribution in [0.2, 0.25) is 0 Å². The van der Waals surface area contributed by atoms with Crippen LogP contribution in [0, 0.1) is 0 Å². The lowest BCUT2D eigenvalue weighted by molar-refractivity contribution is -0.141. The second-order valence-electron chi connectivity index (χ2n) is 8.41. The van der Waals surface area contributed by atoms with E-state index in [4.69, 9.17) is 4.74 Å². The molecule has 4 rings (SSSR count). The monoisotopic (exact) mass is 456 g/mol. The van der Waals surface area contributed by atoms with Crippen molar-refractivity contribution in [1.82, 2.24) is 9.80 Å². The van der Waals surface area contributed by atoms with Gasteiger partial charge in [-0.05, 0) is 24.6 Å². The summed E-state index contributed by atoms with van der Waals surface area (Å²) in [6.07, 6.45) is -0.876. The Morgan fingerprint density at radius 1 is 0.735 bits per heavy atom. The summed E-state index contributed by atoms with van der Waals surface area (Å²) in [4.78, 5) is 42.0. The topological polar surface area (TPSA) is 66.9 Å². The summed E-state index contributed by atoms with van der Waals surface area (Å²) in [7, 11) is 0. The summed E-state index contributed by atoms with van der Waals surface area (Å²) in [6.45, 7) is 5.21. The van der Waals surface area contributed by atoms with Crippen molar-refractivity contribution in [2.45, 2.75) is 19.6 Å². The molecule has 3 aromatic rings. The van der Waals surface area contributed by atoms with Crippen LogP contribution >= 0.6 is 0 Å². The molecule has 0 radical (unpaired) electrons. The summed E-state index contributed by atoms with van der Waals surface area (Å²) in [5.41, 5.74) is 2.62. The summed E-state index contributed by atoms with van der Waals surface area (Å²) in [6, 6.07) is 25.5. The molecule has 1 heterocycles. The average Bonchev–Trinajstić information content (AvgIpc) is 2.89. The van der Waals surface area contributed by atoms with E-state index in [1.54, 1.807) is 60.4 Å². The lowest BCUT2D eigenvalue weighted by atomic mass is 10.0. The molecule has 0 spiro atoms. The average molecular weight is 457 g/mol. The molecular weight excluding hydrogens is 428 g/mol. The van der Waals surface area contributed by atoms with Gasteiger partial charge in [0.25, 0.3) is 5.91 Å². The first kappa shape index (κ1) is 23.4. The first-order valence-electron chi connectivity index (χ1n) is 11.5. The van der Waals surface area contributed by atoms with Crippen LogP contribution in [0.3, 0.4) is 0 Å². The van der Waals surface area contributed by atoms with E-state index in [1.807, 2.05) is 24.3 Å². The molecule has 6 nitrogen and oxygen atoms in total. The number of amides is 1. The normalized spacial score (nSPS) is 14.9. The van der Waals surface area contributed by atoms with Gasteiger partial charge in [-0.2, -0.15) is 0 Å². The van der Waals surface area contributed by atoms with Crippen LogP contribution < -0.4 is 0 Å². The number of ether oxygens (including phenoxy) is 1. The van der Waals surface area contributed by atoms with Crippen LogP contribution in [0.1, 0.15) is 38.8 Å². The summed E-state index contributed by atoms with van der Waals surface area (Å²) >= 11 is 0. The Hall–Kier alpha value is -3.77. The predicted octanol–water partition coefficient (Wildman–Crippen LogP) is 3.81. The van der Waals surface area contributed by atoms with Gasteiger partial charge in [0, 0.05) is 43.9 Å². The highest BCUT2D eigenvalue weighted by molar-refractivity contribution is 6.09. The van der Waals surface area contributed by atoms with E-state index in [9.17, 15) is 14.4 Å². The standard InChI is InChI=1S/C28H28N2O4/c1-21(27(32)30-18-16-29(17-19-30)20-22-8-4-2-5-9-22)34-28(33)25-14-12-24(13-15-25)26(31)23-10-6-3-7-11-23/h2-15,21H,16-20H2,1H3/t21-/m0/s1. The lowest BCUT2D eigenvalue weighted by Crippen LogP contribution is -2.51. The highest BCUT2D eigenvalue weighted by Crippen LogP contribution is 2.14. The Balaban J connectivity index is 1.28. The number of carbonyl (C=O) groups excluding carboxylic acids is 3. The Morgan fingerprint density at radius 2 is 1.26 bits per heavy atom. The Morgan fingerprint density at radius 3 is 1.88 bits per heavy atom. The van der Waals surface area contributed by atoms with Crippen LogP contribution in [0.4, 0.5) is 0 Å². The molecule has 0 unspecified atom stereocenters. The number of ketones is 1. The number of benzene rings is 3. The SMILES string of the molecule is C[C@H](OC(=O)c1ccc(C(=O)c2ccccc2)cc1)C(=O)N1CCN(Cc2ccccc2)CC1. The number of rotatable bonds is 7. The first-order chi connectivity index (χ1) is 16.5. The number of hydrogen-bond acceptors (Lipinski definition) is 5. The minimum Gasteiger partial charge on any atom is -0.449 e. The van der Waals surface area contributed by atoms with Crippen molar-refractivity contribution in [3.05, 3.63) is 107 Å². The zero-order valence-electron chi connectivity index (χ0n) is 19.2. The van der Waals surface area contributed by atoms with Crippen molar-refractivity contribution in [3.63, 3.8) is 0 Å². The van der Waals surface area contributed by atoms with Gasteiger partial charge in [-0.1, -0.05) is 72.8 Å². The van der Waals surface area contributed by atoms with Gasteiger partial charge in [0.05, 0.1) is 5.56 Å². The fraction of sp³-hybridized carbons (Fsp3) is 0.250. The molecular formula is C28H28N2O4. The Kier molecular flexibility index (Phi) is 7.50. The number of carbonyl (C=O) groups is 3. The van der Waals surface area contributed by atoms with Crippen LogP contribution in [0.15, 0.2) is 84.9 Å². The number of piperazine rings is 1. The van der Waals surface area contributed by atoms with Crippen LogP contribution in [0.25, 0.3) is 0 Å². The second-order valence-corrected chi connectivity index (χ2v) is 8.41. The molecule has 0 bridgehead atoms. The number of hydrogen-bond donors (Lipinski definition) is 0. The molecule has 0 aromatic heterocycles. The van der Waals surface area contributed by atoms with Gasteiger partial charge in [-0.15, -0.1) is 0 Å². The van der Waals surface area contributed by atoms with E-state index < -0.39 is 12.1 Å². The molecule has 34 heavy (non-hydrogen) atoms. The maximum absolute atomic E-state index is 12.8. The molecule has 1 atom stereocenters. The van der Waals surface area contributed by atoms with E-state index >= 15 is 0 Å². The molecule has 0 aliphatic carbocycles. The Bertz CT molecular complexity index is 1120. The van der Waals surface area contributed by atoms with E-state index in [0.29, 0.717) is 29.8 Å². The van der Waals surface area contributed by atoms with Crippen molar-refractivity contribution in [2.75, 3.05) is 26.2 Å². The summed E-state index contributed by atoms with van der Waals surface area (Å²) < 4.78 is 5.43. The van der Waals surface area contributed by atoms with Crippen LogP contribution in [-0.2, 0) is 16.1 Å². The van der Waals surface area contributed by atoms with E-state index in [2.05, 4.69) is 17.0 Å². The van der Waals surface area contributed by atoms with Crippen LogP contribution in [0.5, 0.6) is 0 Å². The first-order valence-corrected chi connectivity index (χ1v) is 11.5. The molecule has 3 aromatic carbocycles. The van der Waals surface area contributed by atoms with Gasteiger partial charge >= 0.3 is 5.97 Å². The quantitative estimate of drug-likeness (QED) is 0.400. The molecule has 0 saturated carbocycles. The smallest absolute Gasteiger partial charge is 0.338 e. The van der Waals surface area contributed by atoms with Gasteiger partial charge in [0.2, 0.25) is 0 Å². The fourth-order valence-corrected chi connectivity index (χ4v) is 4.02. The third-order valence-electron chi connectivity index (χ3n) is 5.98. The maximum Gasteiger partial charge on any atom is 0.338 e. The van der Waals surface area contributed by atoms with Gasteiger partial charge in [0.1, 0.15) is 0 Å². The van der Waals surface area contributed by atoms with E-state index in [-0.39, 0.29) is 11.7 Å². The van der Waals surface area contributed by atoms with E-state index in [1.165, 1.54) is 5.56 Å². The number of nitrogens with zero attached hydrogens (tertiary/aromatic N) is 2. The molecule has 1 fully saturated rings. The zero-order chi connectivity index (χ0) is 23.9. The van der Waals surface area contributed by atoms with Gasteiger partial charge in [-0.25, -0.2) is 4.79 Å². The maximum atomic E-state index is 12.8. The largest absolute Gasteiger partial charge is 0.449 e. The highest BCUT2D eigenvalue weighted by atomic mass is 16.5. The van der Waals surface area contributed by atoms with Gasteiger partial charge in [-0.3, -0.25) is 14.5 Å². The van der Waals surface area contributed by atoms with Gasteiger partial charge in [0.15, 0.2) is 11.9 Å². The number of esters is 1. The molecule has 1 aliphatic heterocycles. The highest BCUT2D eigenvalue weighted by Gasteiger charge is 2.27. The van der Waals surface area contributed by atoms with Crippen molar-refractivity contribution < 1.29 is 19.1 Å². The van der Waals surface area contributed by atoms with Crippen molar-refractivity contribution in [1.29, 1.82) is 0 Å². The molecule has 0 N–H and O–H groups in total. The van der Waals surface area contributed by atoms with Crippen molar-refractivity contribution in [2.24, 2.45) is 0 Å². The minimum absolute atomic E-state index is 0.115. The summed E-state index contributed by atoms with van der Waals surface area (Å²) in [5.74, 6) is -0.888. The molecule has 1 saturated heterocycles. The third-order valence-corrected chi connectivity index (χ3v) is 5.98. The molecule has 6 heteroatoms. The van der Waals surface area contributed by atoms with Crippen molar-refractivity contribution >= 4 is 17.7 Å². The van der Waals surface area contributed by atoms with Crippen molar-refractivity contribution in [3.8, 4) is 0 Å². The molecule has 174 valence electrons. The molecule has 1 aliphatic rings. The third kappa shape index (κ3) is 5.77. The van der Waals surface area contributed by atoms with Gasteiger partial charge < -0.3 is 9.64 Å². The Labute approximate surface area is 199 Å².